The van der Waals surface area contributed by atoms with Crippen LogP contribution in [0.25, 0.3) is 16.6 Å². The molecule has 0 aliphatic heterocycles. The van der Waals surface area contributed by atoms with Crippen LogP contribution in [0.5, 0.6) is 0 Å². The predicted octanol–water partition coefficient (Wildman–Crippen LogP) is 4.38. The third kappa shape index (κ3) is 3.50. The number of hydrogen-bond donors (Lipinski definition) is 1. The first-order valence-corrected chi connectivity index (χ1v) is 9.35. The highest BCUT2D eigenvalue weighted by Crippen LogP contribution is 2.29. The number of carbonyl (C=O) groups is 2. The van der Waals surface area contributed by atoms with Crippen LogP contribution in [0.1, 0.15) is 42.6 Å². The largest absolute Gasteiger partial charge is 0.346 e. The highest BCUT2D eigenvalue weighted by molar-refractivity contribution is 6.43. The van der Waals surface area contributed by atoms with Crippen molar-refractivity contribution in [2.45, 2.75) is 38.1 Å². The Morgan fingerprint density at radius 3 is 2.48 bits per heavy atom. The van der Waals surface area contributed by atoms with Crippen LogP contribution >= 0.6 is 0 Å². The number of benzene rings is 1. The van der Waals surface area contributed by atoms with Crippen molar-refractivity contribution in [3.05, 3.63) is 66.2 Å². The summed E-state index contributed by atoms with van der Waals surface area (Å²) in [6.07, 6.45) is 6.93. The second kappa shape index (κ2) is 7.35. The summed E-state index contributed by atoms with van der Waals surface area (Å²) in [6, 6.07) is 13.5. The minimum absolute atomic E-state index is 0.0655. The van der Waals surface area contributed by atoms with Crippen LogP contribution in [0.15, 0.2) is 54.7 Å². The van der Waals surface area contributed by atoms with Crippen molar-refractivity contribution in [3.63, 3.8) is 0 Å². The molecule has 0 radical (unpaired) electrons. The van der Waals surface area contributed by atoms with Gasteiger partial charge in [0, 0.05) is 23.3 Å². The number of aromatic nitrogens is 1. The van der Waals surface area contributed by atoms with Crippen LogP contribution in [0.3, 0.4) is 0 Å². The van der Waals surface area contributed by atoms with Crippen LogP contribution in [-0.2, 0) is 4.79 Å². The lowest BCUT2D eigenvalue weighted by molar-refractivity contribution is -0.117. The van der Waals surface area contributed by atoms with Gasteiger partial charge in [0.1, 0.15) is 11.5 Å². The fourth-order valence-corrected chi connectivity index (χ4v) is 3.81. The minimum atomic E-state index is -0.575. The number of pyridine rings is 1. The second-order valence-electron chi connectivity index (χ2n) is 7.05. The van der Waals surface area contributed by atoms with E-state index in [0.29, 0.717) is 16.8 Å². The van der Waals surface area contributed by atoms with E-state index in [9.17, 15) is 14.0 Å². The standard InChI is InChI=1S/C22H21FN2O2/c23-16-11-9-15(10-12-16)19-14-18-8-4-5-13-25(18)20(19)21(26)22(27)24-17-6-2-1-3-7-17/h4-5,8-14,17H,1-3,6-7H2,(H,24,27). The van der Waals surface area contributed by atoms with Gasteiger partial charge in [0.2, 0.25) is 0 Å². The minimum Gasteiger partial charge on any atom is -0.346 e. The Hall–Kier alpha value is -2.95. The van der Waals surface area contributed by atoms with Gasteiger partial charge >= 0.3 is 0 Å². The van der Waals surface area contributed by atoms with E-state index in [1.54, 1.807) is 22.7 Å². The molecule has 1 aliphatic rings. The van der Waals surface area contributed by atoms with Gasteiger partial charge < -0.3 is 9.72 Å². The number of nitrogens with zero attached hydrogens (tertiary/aromatic N) is 1. The first kappa shape index (κ1) is 17.5. The number of ketones is 1. The summed E-state index contributed by atoms with van der Waals surface area (Å²) in [4.78, 5) is 25.7. The maximum absolute atomic E-state index is 13.3. The zero-order valence-corrected chi connectivity index (χ0v) is 15.0. The number of fused-ring (bicyclic) bond motifs is 1. The third-order valence-corrected chi connectivity index (χ3v) is 5.20. The van der Waals surface area contributed by atoms with E-state index < -0.39 is 11.7 Å². The molecule has 2 heterocycles. The van der Waals surface area contributed by atoms with Gasteiger partial charge in [-0.3, -0.25) is 9.59 Å². The van der Waals surface area contributed by atoms with E-state index in [1.807, 2.05) is 24.3 Å². The van der Waals surface area contributed by atoms with Crippen LogP contribution in [0.2, 0.25) is 0 Å². The molecule has 1 saturated carbocycles. The Balaban J connectivity index is 1.72. The lowest BCUT2D eigenvalue weighted by Crippen LogP contribution is -2.40. The van der Waals surface area contributed by atoms with Gasteiger partial charge in [-0.25, -0.2) is 4.39 Å². The molecule has 0 atom stereocenters. The predicted molar refractivity (Wildman–Crippen MR) is 102 cm³/mol. The molecular weight excluding hydrogens is 343 g/mol. The molecule has 2 aromatic heterocycles. The Labute approximate surface area is 157 Å². The maximum Gasteiger partial charge on any atom is 0.294 e. The summed E-state index contributed by atoms with van der Waals surface area (Å²) in [6.45, 7) is 0. The lowest BCUT2D eigenvalue weighted by atomic mass is 9.95. The SMILES string of the molecule is O=C(NC1CCCCC1)C(=O)c1c(-c2ccc(F)cc2)cc2ccccn12. The topological polar surface area (TPSA) is 50.6 Å². The fourth-order valence-electron chi connectivity index (χ4n) is 3.81. The van der Waals surface area contributed by atoms with E-state index in [4.69, 9.17) is 0 Å². The third-order valence-electron chi connectivity index (χ3n) is 5.20. The maximum atomic E-state index is 13.3. The zero-order valence-electron chi connectivity index (χ0n) is 15.0. The Bertz CT molecular complexity index is 985. The van der Waals surface area contributed by atoms with E-state index >= 15 is 0 Å². The van der Waals surface area contributed by atoms with Crippen molar-refractivity contribution in [3.8, 4) is 11.1 Å². The van der Waals surface area contributed by atoms with E-state index in [2.05, 4.69) is 5.32 Å². The quantitative estimate of drug-likeness (QED) is 0.552. The Morgan fingerprint density at radius 2 is 1.74 bits per heavy atom. The summed E-state index contributed by atoms with van der Waals surface area (Å²) >= 11 is 0. The second-order valence-corrected chi connectivity index (χ2v) is 7.05. The molecule has 0 bridgehead atoms. The number of Topliss-reactive ketones (excluding diaryl/α,β-unsaturated/α-hetero) is 1. The monoisotopic (exact) mass is 364 g/mol. The fraction of sp³-hybridized carbons (Fsp3) is 0.273. The van der Waals surface area contributed by atoms with Crippen molar-refractivity contribution in [1.82, 2.24) is 9.72 Å². The number of nitrogens with one attached hydrogen (secondary N) is 1. The molecule has 0 spiro atoms. The highest BCUT2D eigenvalue weighted by Gasteiger charge is 2.26. The number of rotatable bonds is 4. The van der Waals surface area contributed by atoms with Gasteiger partial charge in [0.15, 0.2) is 0 Å². The van der Waals surface area contributed by atoms with Crippen LogP contribution in [0.4, 0.5) is 4.39 Å². The number of carbonyl (C=O) groups excluding carboxylic acids is 2. The highest BCUT2D eigenvalue weighted by atomic mass is 19.1. The van der Waals surface area contributed by atoms with Gasteiger partial charge in [0.05, 0.1) is 0 Å². The van der Waals surface area contributed by atoms with E-state index in [-0.39, 0.29) is 11.9 Å². The van der Waals surface area contributed by atoms with Gasteiger partial charge in [-0.05, 0) is 48.7 Å². The molecule has 3 aromatic rings. The average molecular weight is 364 g/mol. The van der Waals surface area contributed by atoms with Gasteiger partial charge in [0.25, 0.3) is 11.7 Å². The van der Waals surface area contributed by atoms with Crippen molar-refractivity contribution in [2.24, 2.45) is 0 Å². The molecular formula is C22H21FN2O2. The van der Waals surface area contributed by atoms with Crippen LogP contribution < -0.4 is 5.32 Å². The summed E-state index contributed by atoms with van der Waals surface area (Å²) in [5.41, 5.74) is 2.45. The summed E-state index contributed by atoms with van der Waals surface area (Å²) < 4.78 is 15.0. The number of hydrogen-bond acceptors (Lipinski definition) is 2. The normalized spacial score (nSPS) is 15.0. The molecule has 1 N–H and O–H groups in total. The summed E-state index contributed by atoms with van der Waals surface area (Å²) in [5.74, 6) is -1.48. The van der Waals surface area contributed by atoms with Gasteiger partial charge in [-0.2, -0.15) is 0 Å². The smallest absolute Gasteiger partial charge is 0.294 e. The molecule has 4 rings (SSSR count). The molecule has 27 heavy (non-hydrogen) atoms. The Morgan fingerprint density at radius 1 is 1.00 bits per heavy atom. The first-order valence-electron chi connectivity index (χ1n) is 9.35. The van der Waals surface area contributed by atoms with Crippen molar-refractivity contribution in [2.75, 3.05) is 0 Å². The van der Waals surface area contributed by atoms with Gasteiger partial charge in [-0.15, -0.1) is 0 Å². The van der Waals surface area contributed by atoms with Crippen molar-refractivity contribution >= 4 is 17.2 Å². The number of amides is 1. The summed E-state index contributed by atoms with van der Waals surface area (Å²) in [5, 5.41) is 2.90. The van der Waals surface area contributed by atoms with E-state index in [1.165, 1.54) is 18.6 Å². The lowest BCUT2D eigenvalue weighted by Gasteiger charge is -2.22. The molecule has 1 aliphatic carbocycles. The molecule has 1 aromatic carbocycles. The average Bonchev–Trinajstić information content (AvgIpc) is 3.08. The molecule has 5 heteroatoms. The van der Waals surface area contributed by atoms with Crippen molar-refractivity contribution < 1.29 is 14.0 Å². The first-order chi connectivity index (χ1) is 13.1. The van der Waals surface area contributed by atoms with Crippen LogP contribution in [-0.4, -0.2) is 22.1 Å². The molecule has 4 nitrogen and oxygen atoms in total. The molecule has 0 saturated heterocycles. The zero-order chi connectivity index (χ0) is 18.8. The molecule has 1 fully saturated rings. The molecule has 0 unspecified atom stereocenters. The summed E-state index contributed by atoms with van der Waals surface area (Å²) in [7, 11) is 0. The van der Waals surface area contributed by atoms with Gasteiger partial charge in [-0.1, -0.05) is 37.5 Å². The van der Waals surface area contributed by atoms with E-state index in [0.717, 1.165) is 31.2 Å². The van der Waals surface area contributed by atoms with Crippen LogP contribution in [0, 0.1) is 5.82 Å². The molecule has 1 amide bonds. The molecule has 138 valence electrons. The van der Waals surface area contributed by atoms with Crippen molar-refractivity contribution in [1.29, 1.82) is 0 Å². The Kier molecular flexibility index (Phi) is 4.75. The number of halogens is 1.